The second-order valence-corrected chi connectivity index (χ2v) is 5.82. The van der Waals surface area contributed by atoms with Crippen LogP contribution in [0.3, 0.4) is 0 Å². The summed E-state index contributed by atoms with van der Waals surface area (Å²) in [6, 6.07) is 3.85. The van der Waals surface area contributed by atoms with Crippen molar-refractivity contribution in [3.05, 3.63) is 22.4 Å². The normalized spacial score (nSPS) is 10.2. The zero-order valence-electron chi connectivity index (χ0n) is 12.1. The first-order valence-electron chi connectivity index (χ1n) is 7.32. The summed E-state index contributed by atoms with van der Waals surface area (Å²) in [6.45, 7) is 3.19. The Morgan fingerprint density at radius 3 is 2.45 bits per heavy atom. The van der Waals surface area contributed by atoms with Crippen LogP contribution in [0.5, 0.6) is 0 Å². The average Bonchev–Trinajstić information content (AvgIpc) is 2.96. The van der Waals surface area contributed by atoms with Crippen molar-refractivity contribution in [3.8, 4) is 0 Å². The van der Waals surface area contributed by atoms with E-state index in [1.807, 2.05) is 17.5 Å². The molecular weight excluding hydrogens is 272 g/mol. The van der Waals surface area contributed by atoms with Crippen molar-refractivity contribution in [2.75, 3.05) is 6.54 Å². The maximum atomic E-state index is 11.5. The van der Waals surface area contributed by atoms with Gasteiger partial charge in [0.1, 0.15) is 0 Å². The van der Waals surface area contributed by atoms with E-state index < -0.39 is 11.8 Å². The molecule has 0 aromatic carbocycles. The van der Waals surface area contributed by atoms with E-state index in [0.717, 1.165) is 17.7 Å². The van der Waals surface area contributed by atoms with Crippen molar-refractivity contribution in [1.29, 1.82) is 0 Å². The molecule has 0 unspecified atom stereocenters. The lowest BCUT2D eigenvalue weighted by atomic mass is 10.1. The van der Waals surface area contributed by atoms with E-state index in [2.05, 4.69) is 17.6 Å². The Balaban J connectivity index is 2.02. The summed E-state index contributed by atoms with van der Waals surface area (Å²) in [5.41, 5.74) is 0. The lowest BCUT2D eigenvalue weighted by Crippen LogP contribution is -2.39. The molecule has 0 aliphatic carbocycles. The highest BCUT2D eigenvalue weighted by Gasteiger charge is 2.11. The number of rotatable bonds is 9. The number of carbonyl (C=O) groups is 2. The van der Waals surface area contributed by atoms with E-state index in [9.17, 15) is 9.59 Å². The smallest absolute Gasteiger partial charge is 0.309 e. The van der Waals surface area contributed by atoms with Crippen molar-refractivity contribution >= 4 is 23.2 Å². The minimum Gasteiger partial charge on any atom is -0.348 e. The van der Waals surface area contributed by atoms with Crippen LogP contribution >= 0.6 is 11.3 Å². The van der Waals surface area contributed by atoms with Gasteiger partial charge in [-0.1, -0.05) is 45.1 Å². The van der Waals surface area contributed by atoms with E-state index in [0.29, 0.717) is 13.1 Å². The van der Waals surface area contributed by atoms with Gasteiger partial charge in [-0.2, -0.15) is 0 Å². The molecule has 1 aromatic heterocycles. The van der Waals surface area contributed by atoms with Gasteiger partial charge in [-0.15, -0.1) is 11.3 Å². The van der Waals surface area contributed by atoms with Gasteiger partial charge in [-0.3, -0.25) is 9.59 Å². The number of nitrogens with one attached hydrogen (secondary N) is 2. The monoisotopic (exact) mass is 296 g/mol. The molecule has 112 valence electrons. The summed E-state index contributed by atoms with van der Waals surface area (Å²) in [4.78, 5) is 24.1. The molecule has 1 heterocycles. The number of thiophene rings is 1. The van der Waals surface area contributed by atoms with Gasteiger partial charge in [0.05, 0.1) is 6.54 Å². The van der Waals surface area contributed by atoms with E-state index >= 15 is 0 Å². The van der Waals surface area contributed by atoms with Gasteiger partial charge >= 0.3 is 11.8 Å². The Kier molecular flexibility index (Phi) is 8.71. The lowest BCUT2D eigenvalue weighted by Gasteiger charge is -2.05. The molecule has 2 amide bonds. The molecule has 0 saturated carbocycles. The van der Waals surface area contributed by atoms with Crippen LogP contribution in [0.2, 0.25) is 0 Å². The lowest BCUT2D eigenvalue weighted by molar-refractivity contribution is -0.139. The summed E-state index contributed by atoms with van der Waals surface area (Å²) in [5.74, 6) is -1.08. The van der Waals surface area contributed by atoms with Crippen molar-refractivity contribution in [2.45, 2.75) is 52.0 Å². The Bertz CT molecular complexity index is 391. The van der Waals surface area contributed by atoms with E-state index in [1.165, 1.54) is 25.7 Å². The van der Waals surface area contributed by atoms with Crippen molar-refractivity contribution in [2.24, 2.45) is 0 Å². The third kappa shape index (κ3) is 7.28. The van der Waals surface area contributed by atoms with Crippen molar-refractivity contribution < 1.29 is 9.59 Å². The highest BCUT2D eigenvalue weighted by molar-refractivity contribution is 7.09. The minimum absolute atomic E-state index is 0.418. The second kappa shape index (κ2) is 10.4. The minimum atomic E-state index is -0.551. The highest BCUT2D eigenvalue weighted by Crippen LogP contribution is 2.07. The van der Waals surface area contributed by atoms with Gasteiger partial charge in [0, 0.05) is 11.4 Å². The van der Waals surface area contributed by atoms with Crippen LogP contribution in [-0.4, -0.2) is 18.4 Å². The van der Waals surface area contributed by atoms with Gasteiger partial charge in [-0.05, 0) is 17.9 Å². The van der Waals surface area contributed by atoms with Gasteiger partial charge < -0.3 is 10.6 Å². The quantitative estimate of drug-likeness (QED) is 0.544. The van der Waals surface area contributed by atoms with E-state index in [1.54, 1.807) is 11.3 Å². The molecule has 0 fully saturated rings. The largest absolute Gasteiger partial charge is 0.348 e. The molecule has 0 bridgehead atoms. The molecule has 0 radical (unpaired) electrons. The molecule has 5 heteroatoms. The Hall–Kier alpha value is -1.36. The van der Waals surface area contributed by atoms with E-state index in [-0.39, 0.29) is 0 Å². The fourth-order valence-corrected chi connectivity index (χ4v) is 2.49. The number of carbonyl (C=O) groups excluding carboxylic acids is 2. The van der Waals surface area contributed by atoms with Crippen LogP contribution < -0.4 is 10.6 Å². The standard InChI is InChI=1S/C15H24N2O2S/c1-2-3-4-5-6-7-10-16-14(18)15(19)17-12-13-9-8-11-20-13/h8-9,11H,2-7,10,12H2,1H3,(H,16,18)(H,17,19). The third-order valence-electron chi connectivity index (χ3n) is 3.03. The Morgan fingerprint density at radius 1 is 1.05 bits per heavy atom. The van der Waals surface area contributed by atoms with Gasteiger partial charge in [-0.25, -0.2) is 0 Å². The van der Waals surface area contributed by atoms with Crippen LogP contribution in [0.25, 0.3) is 0 Å². The fourth-order valence-electron chi connectivity index (χ4n) is 1.85. The Labute approximate surface area is 125 Å². The van der Waals surface area contributed by atoms with Gasteiger partial charge in [0.25, 0.3) is 0 Å². The molecule has 0 saturated heterocycles. The van der Waals surface area contributed by atoms with Crippen LogP contribution in [-0.2, 0) is 16.1 Å². The van der Waals surface area contributed by atoms with Crippen molar-refractivity contribution in [3.63, 3.8) is 0 Å². The van der Waals surface area contributed by atoms with Gasteiger partial charge in [0.15, 0.2) is 0 Å². The Morgan fingerprint density at radius 2 is 1.75 bits per heavy atom. The number of hydrogen-bond donors (Lipinski definition) is 2. The number of unbranched alkanes of at least 4 members (excludes halogenated alkanes) is 5. The summed E-state index contributed by atoms with van der Waals surface area (Å²) >= 11 is 1.56. The average molecular weight is 296 g/mol. The maximum absolute atomic E-state index is 11.5. The molecule has 0 atom stereocenters. The predicted molar refractivity (Wildman–Crippen MR) is 82.6 cm³/mol. The summed E-state index contributed by atoms with van der Waals surface area (Å²) in [5, 5.41) is 7.21. The van der Waals surface area contributed by atoms with Crippen LogP contribution in [0, 0.1) is 0 Å². The molecule has 20 heavy (non-hydrogen) atoms. The topological polar surface area (TPSA) is 58.2 Å². The third-order valence-corrected chi connectivity index (χ3v) is 3.90. The summed E-state index contributed by atoms with van der Waals surface area (Å²) in [6.07, 6.45) is 7.02. The number of amides is 2. The number of hydrogen-bond acceptors (Lipinski definition) is 3. The van der Waals surface area contributed by atoms with E-state index in [4.69, 9.17) is 0 Å². The highest BCUT2D eigenvalue weighted by atomic mass is 32.1. The zero-order chi connectivity index (χ0) is 14.6. The molecule has 0 aliphatic rings. The maximum Gasteiger partial charge on any atom is 0.309 e. The van der Waals surface area contributed by atoms with Crippen molar-refractivity contribution in [1.82, 2.24) is 10.6 Å². The molecule has 0 aliphatic heterocycles. The first kappa shape index (κ1) is 16.7. The predicted octanol–water partition coefficient (Wildman–Crippen LogP) is 2.84. The molecule has 1 aromatic rings. The van der Waals surface area contributed by atoms with Crippen LogP contribution in [0.15, 0.2) is 17.5 Å². The molecular formula is C15H24N2O2S. The first-order chi connectivity index (χ1) is 9.74. The van der Waals surface area contributed by atoms with Crippen LogP contribution in [0.1, 0.15) is 50.3 Å². The first-order valence-corrected chi connectivity index (χ1v) is 8.20. The molecule has 1 rings (SSSR count). The SMILES string of the molecule is CCCCCCCCNC(=O)C(=O)NCc1cccs1. The van der Waals surface area contributed by atoms with Crippen LogP contribution in [0.4, 0.5) is 0 Å². The summed E-state index contributed by atoms with van der Waals surface area (Å²) in [7, 11) is 0. The molecule has 2 N–H and O–H groups in total. The van der Waals surface area contributed by atoms with Gasteiger partial charge in [0.2, 0.25) is 0 Å². The zero-order valence-corrected chi connectivity index (χ0v) is 12.9. The molecule has 4 nitrogen and oxygen atoms in total. The molecule has 0 spiro atoms. The second-order valence-electron chi connectivity index (χ2n) is 4.79. The fraction of sp³-hybridized carbons (Fsp3) is 0.600. The summed E-state index contributed by atoms with van der Waals surface area (Å²) < 4.78 is 0.